The summed E-state index contributed by atoms with van der Waals surface area (Å²) in [6, 6.07) is 8.52. The number of amides is 1. The summed E-state index contributed by atoms with van der Waals surface area (Å²) in [6.07, 6.45) is 4.78. The van der Waals surface area contributed by atoms with Crippen molar-refractivity contribution in [3.8, 4) is 5.69 Å². The summed E-state index contributed by atoms with van der Waals surface area (Å²) < 4.78 is 26.4. The predicted molar refractivity (Wildman–Crippen MR) is 131 cm³/mol. The minimum absolute atomic E-state index is 0.147. The first-order valence-corrected chi connectivity index (χ1v) is 13.1. The third kappa shape index (κ3) is 6.34. The second-order valence-electron chi connectivity index (χ2n) is 8.57. The number of benzene rings is 1. The smallest absolute Gasteiger partial charge is 0.411 e. The monoisotopic (exact) mass is 500 g/mol. The zero-order valence-electron chi connectivity index (χ0n) is 19.4. The molecule has 1 saturated heterocycles. The van der Waals surface area contributed by atoms with E-state index >= 15 is 0 Å². The van der Waals surface area contributed by atoms with Crippen LogP contribution in [0.5, 0.6) is 0 Å². The zero-order valence-corrected chi connectivity index (χ0v) is 20.3. The van der Waals surface area contributed by atoms with Crippen molar-refractivity contribution in [3.05, 3.63) is 70.4 Å². The number of anilines is 1. The van der Waals surface area contributed by atoms with Gasteiger partial charge in [0.05, 0.1) is 23.9 Å². The first kappa shape index (κ1) is 24.6. The highest BCUT2D eigenvalue weighted by Crippen LogP contribution is 2.19. The molecule has 1 amide bonds. The zero-order chi connectivity index (χ0) is 25.0. The van der Waals surface area contributed by atoms with Crippen molar-refractivity contribution in [1.82, 2.24) is 24.5 Å². The minimum atomic E-state index is -2.94. The molecule has 1 aliphatic rings. The van der Waals surface area contributed by atoms with Crippen molar-refractivity contribution in [1.29, 1.82) is 0 Å². The van der Waals surface area contributed by atoms with Gasteiger partial charge in [-0.1, -0.05) is 12.1 Å². The predicted octanol–water partition coefficient (Wildman–Crippen LogP) is 1.16. The lowest BCUT2D eigenvalue weighted by atomic mass is 10.1. The molecule has 11 nitrogen and oxygen atoms in total. The number of nitrogens with zero attached hydrogens (tertiary/aromatic N) is 6. The van der Waals surface area contributed by atoms with E-state index < -0.39 is 15.9 Å². The van der Waals surface area contributed by atoms with Crippen LogP contribution in [0.25, 0.3) is 5.69 Å². The molecular formula is C23H28N6O5S. The van der Waals surface area contributed by atoms with Gasteiger partial charge in [0.15, 0.2) is 9.84 Å². The third-order valence-corrected chi connectivity index (χ3v) is 7.56. The summed E-state index contributed by atoms with van der Waals surface area (Å²) >= 11 is 0. The summed E-state index contributed by atoms with van der Waals surface area (Å²) in [5, 5.41) is 18.3. The molecule has 1 fully saturated rings. The molecule has 0 spiro atoms. The van der Waals surface area contributed by atoms with Crippen LogP contribution in [0.15, 0.2) is 53.7 Å². The maximum absolute atomic E-state index is 12.4. The lowest BCUT2D eigenvalue weighted by Gasteiger charge is -2.27. The number of hydrogen-bond donors (Lipinski definition) is 1. The summed E-state index contributed by atoms with van der Waals surface area (Å²) in [4.78, 5) is 27.7. The van der Waals surface area contributed by atoms with Crippen molar-refractivity contribution in [2.75, 3.05) is 42.6 Å². The molecule has 35 heavy (non-hydrogen) atoms. The van der Waals surface area contributed by atoms with Crippen LogP contribution in [0.3, 0.4) is 0 Å². The molecule has 0 unspecified atom stereocenters. The van der Waals surface area contributed by atoms with Gasteiger partial charge >= 0.3 is 6.09 Å². The Morgan fingerprint density at radius 3 is 2.66 bits per heavy atom. The number of carbonyl (C=O) groups is 1. The van der Waals surface area contributed by atoms with Gasteiger partial charge in [-0.15, -0.1) is 0 Å². The molecule has 0 saturated carbocycles. The van der Waals surface area contributed by atoms with Crippen LogP contribution in [0, 0.1) is 0 Å². The molecule has 186 valence electrons. The van der Waals surface area contributed by atoms with E-state index in [0.29, 0.717) is 37.4 Å². The maximum Gasteiger partial charge on any atom is 0.411 e. The van der Waals surface area contributed by atoms with Gasteiger partial charge in [-0.05, 0) is 30.7 Å². The fourth-order valence-corrected chi connectivity index (χ4v) is 5.31. The average molecular weight is 501 g/mol. The number of hydrogen-bond acceptors (Lipinski definition) is 7. The lowest BCUT2D eigenvalue weighted by molar-refractivity contribution is 0.201. The Labute approximate surface area is 203 Å². The number of sulfone groups is 1. The van der Waals surface area contributed by atoms with Crippen molar-refractivity contribution in [3.63, 3.8) is 0 Å². The number of rotatable bonds is 8. The average Bonchev–Trinajstić information content (AvgIpc) is 3.25. The van der Waals surface area contributed by atoms with Crippen LogP contribution in [0.1, 0.15) is 17.7 Å². The Bertz CT molecular complexity index is 1350. The Morgan fingerprint density at radius 2 is 1.97 bits per heavy atom. The summed E-state index contributed by atoms with van der Waals surface area (Å²) in [5.41, 5.74) is 2.15. The van der Waals surface area contributed by atoms with E-state index in [1.807, 2.05) is 11.0 Å². The minimum Gasteiger partial charge on any atom is -0.465 e. The fraction of sp³-hybridized carbons (Fsp3) is 0.391. The van der Waals surface area contributed by atoms with Gasteiger partial charge in [0.2, 0.25) is 5.43 Å². The molecule has 0 radical (unpaired) electrons. The molecule has 1 N–H and O–H groups in total. The molecule has 1 aliphatic heterocycles. The van der Waals surface area contributed by atoms with Crippen LogP contribution in [0.2, 0.25) is 0 Å². The van der Waals surface area contributed by atoms with Crippen LogP contribution >= 0.6 is 0 Å². The van der Waals surface area contributed by atoms with Crippen molar-refractivity contribution in [2.24, 2.45) is 7.05 Å². The molecule has 3 heterocycles. The Kier molecular flexibility index (Phi) is 7.31. The standard InChI is InChI=1S/C23H28N6O5S/c1-26-17-20(16-24-26)29-9-6-22(30)21(25-29)15-18-4-2-5-19(14-18)28(23(31)32)8-3-7-27-10-12-35(33,34)13-11-27/h2,4-6,9,14,16-17H,3,7-8,10-13,15H2,1H3,(H,31,32). The summed E-state index contributed by atoms with van der Waals surface area (Å²) in [7, 11) is -1.15. The molecule has 3 aromatic rings. The van der Waals surface area contributed by atoms with Gasteiger partial charge in [0, 0.05) is 51.1 Å². The van der Waals surface area contributed by atoms with E-state index in [9.17, 15) is 23.1 Å². The van der Waals surface area contributed by atoms with E-state index in [2.05, 4.69) is 10.2 Å². The molecule has 0 bridgehead atoms. The summed E-state index contributed by atoms with van der Waals surface area (Å²) in [5.74, 6) is 0.293. The normalized spacial score (nSPS) is 15.7. The van der Waals surface area contributed by atoms with Gasteiger partial charge in [0.1, 0.15) is 11.4 Å². The van der Waals surface area contributed by atoms with Crippen molar-refractivity contribution in [2.45, 2.75) is 12.8 Å². The summed E-state index contributed by atoms with van der Waals surface area (Å²) in [6.45, 7) is 1.86. The first-order chi connectivity index (χ1) is 16.7. The largest absolute Gasteiger partial charge is 0.465 e. The quantitative estimate of drug-likeness (QED) is 0.488. The van der Waals surface area contributed by atoms with Crippen LogP contribution in [0.4, 0.5) is 10.5 Å². The third-order valence-electron chi connectivity index (χ3n) is 5.95. The van der Waals surface area contributed by atoms with Gasteiger partial charge < -0.3 is 10.0 Å². The van der Waals surface area contributed by atoms with Gasteiger partial charge in [0.25, 0.3) is 0 Å². The molecule has 0 atom stereocenters. The number of carboxylic acid groups (broad SMARTS) is 1. The van der Waals surface area contributed by atoms with Crippen LogP contribution in [-0.4, -0.2) is 81.8 Å². The Balaban J connectivity index is 1.44. The topological polar surface area (TPSA) is 131 Å². The van der Waals surface area contributed by atoms with Crippen molar-refractivity contribution >= 4 is 21.6 Å². The van der Waals surface area contributed by atoms with E-state index in [0.717, 1.165) is 11.3 Å². The maximum atomic E-state index is 12.4. The SMILES string of the molecule is Cn1cc(-n2ccc(=O)c(Cc3cccc(N(CCCN4CCS(=O)(=O)CC4)C(=O)O)c3)n2)cn1. The number of aryl methyl sites for hydroxylation is 1. The molecule has 0 aliphatic carbocycles. The van der Waals surface area contributed by atoms with E-state index in [1.165, 1.54) is 11.0 Å². The molecule has 4 rings (SSSR count). The van der Waals surface area contributed by atoms with Crippen LogP contribution < -0.4 is 10.3 Å². The first-order valence-electron chi connectivity index (χ1n) is 11.3. The number of aromatic nitrogens is 4. The molecule has 1 aromatic carbocycles. The van der Waals surface area contributed by atoms with E-state index in [1.54, 1.807) is 53.2 Å². The second kappa shape index (κ2) is 10.4. The Hall–Kier alpha value is -3.51. The molecular weight excluding hydrogens is 472 g/mol. The second-order valence-corrected chi connectivity index (χ2v) is 10.9. The van der Waals surface area contributed by atoms with E-state index in [4.69, 9.17) is 0 Å². The highest BCUT2D eigenvalue weighted by molar-refractivity contribution is 7.91. The molecule has 12 heteroatoms. The van der Waals surface area contributed by atoms with Gasteiger partial charge in [-0.2, -0.15) is 10.2 Å². The van der Waals surface area contributed by atoms with Gasteiger partial charge in [-0.25, -0.2) is 17.9 Å². The highest BCUT2D eigenvalue weighted by Gasteiger charge is 2.22. The van der Waals surface area contributed by atoms with E-state index in [-0.39, 0.29) is 29.9 Å². The fourth-order valence-electron chi connectivity index (χ4n) is 4.03. The van der Waals surface area contributed by atoms with Crippen molar-refractivity contribution < 1.29 is 18.3 Å². The highest BCUT2D eigenvalue weighted by atomic mass is 32.2. The Morgan fingerprint density at radius 1 is 1.20 bits per heavy atom. The molecule has 2 aromatic heterocycles. The van der Waals surface area contributed by atoms with Crippen LogP contribution in [-0.2, 0) is 23.3 Å². The lowest BCUT2D eigenvalue weighted by Crippen LogP contribution is -2.41. The van der Waals surface area contributed by atoms with Gasteiger partial charge in [-0.3, -0.25) is 14.4 Å².